The Morgan fingerprint density at radius 2 is 1.86 bits per heavy atom. The molecule has 22 heavy (non-hydrogen) atoms. The van der Waals surface area contributed by atoms with Gasteiger partial charge >= 0.3 is 0 Å². The maximum Gasteiger partial charge on any atom is 0.145 e. The minimum atomic E-state index is -0.311. The third-order valence-electron chi connectivity index (χ3n) is 4.84. The number of likely N-dealkylation sites (tertiary alicyclic amines) is 1. The molecular weight excluding hydrogens is 317 g/mol. The Labute approximate surface area is 142 Å². The maximum absolute atomic E-state index is 6.50. The number of para-hydroxylation sites is 1. The maximum atomic E-state index is 6.50. The number of hydrogen-bond donors (Lipinski definition) is 0. The highest BCUT2D eigenvalue weighted by Gasteiger charge is 2.52. The summed E-state index contributed by atoms with van der Waals surface area (Å²) >= 11 is 6.50. The summed E-state index contributed by atoms with van der Waals surface area (Å²) in [5.41, 5.74) is 2.12. The molecule has 2 aromatic carbocycles. The van der Waals surface area contributed by atoms with Gasteiger partial charge in [-0.2, -0.15) is 0 Å². The average molecular weight is 336 g/mol. The molecule has 0 aliphatic carbocycles. The van der Waals surface area contributed by atoms with E-state index >= 15 is 0 Å². The first-order valence-corrected chi connectivity index (χ1v) is 7.80. The van der Waals surface area contributed by atoms with E-state index in [4.69, 9.17) is 16.3 Å². The van der Waals surface area contributed by atoms with E-state index in [0.717, 1.165) is 35.8 Å². The predicted molar refractivity (Wildman–Crippen MR) is 92.3 cm³/mol. The monoisotopic (exact) mass is 335 g/mol. The zero-order chi connectivity index (χ0) is 14.4. The van der Waals surface area contributed by atoms with Gasteiger partial charge in [0.15, 0.2) is 0 Å². The van der Waals surface area contributed by atoms with Gasteiger partial charge in [-0.3, -0.25) is 0 Å². The minimum Gasteiger partial charge on any atom is -0.481 e. The van der Waals surface area contributed by atoms with E-state index < -0.39 is 0 Å². The Kier molecular flexibility index (Phi) is 4.11. The number of rotatable bonds is 1. The van der Waals surface area contributed by atoms with Crippen LogP contribution in [0.15, 0.2) is 48.5 Å². The second-order valence-electron chi connectivity index (χ2n) is 6.07. The fraction of sp³-hybridized carbons (Fsp3) is 0.333. The highest BCUT2D eigenvalue weighted by molar-refractivity contribution is 6.31. The van der Waals surface area contributed by atoms with Gasteiger partial charge in [0, 0.05) is 41.6 Å². The first-order chi connectivity index (χ1) is 10.2. The molecule has 4 heteroatoms. The van der Waals surface area contributed by atoms with Crippen molar-refractivity contribution in [1.29, 1.82) is 0 Å². The second-order valence-corrected chi connectivity index (χ2v) is 6.48. The third-order valence-corrected chi connectivity index (χ3v) is 5.17. The molecule has 0 radical (unpaired) electrons. The number of ether oxygens (including phenoxy) is 1. The number of piperidine rings is 1. The number of fused-ring (bicyclic) bond motifs is 3. The van der Waals surface area contributed by atoms with E-state index in [0.29, 0.717) is 5.92 Å². The quantitative estimate of drug-likeness (QED) is 0.762. The smallest absolute Gasteiger partial charge is 0.145 e. The van der Waals surface area contributed by atoms with E-state index in [-0.39, 0.29) is 18.0 Å². The summed E-state index contributed by atoms with van der Waals surface area (Å²) in [5, 5.41) is 0.805. The van der Waals surface area contributed by atoms with Crippen molar-refractivity contribution in [2.24, 2.45) is 0 Å². The first kappa shape index (κ1) is 15.7. The molecule has 0 aromatic heterocycles. The summed E-state index contributed by atoms with van der Waals surface area (Å²) in [7, 11) is 2.18. The molecule has 0 spiro atoms. The number of benzene rings is 2. The Balaban J connectivity index is 0.00000144. The third kappa shape index (κ3) is 2.21. The van der Waals surface area contributed by atoms with Crippen LogP contribution in [0.4, 0.5) is 0 Å². The van der Waals surface area contributed by atoms with Gasteiger partial charge in [-0.25, -0.2) is 0 Å². The molecule has 2 aliphatic heterocycles. The van der Waals surface area contributed by atoms with Gasteiger partial charge in [-0.15, -0.1) is 12.4 Å². The van der Waals surface area contributed by atoms with Crippen molar-refractivity contribution in [3.63, 3.8) is 0 Å². The van der Waals surface area contributed by atoms with Crippen LogP contribution < -0.4 is 4.74 Å². The lowest BCUT2D eigenvalue weighted by molar-refractivity contribution is 0.00711. The molecule has 1 fully saturated rings. The van der Waals surface area contributed by atoms with Crippen LogP contribution >= 0.6 is 24.0 Å². The van der Waals surface area contributed by atoms with Gasteiger partial charge in [0.05, 0.1) is 0 Å². The zero-order valence-corrected chi connectivity index (χ0v) is 14.0. The number of nitrogens with zero attached hydrogens (tertiary/aromatic N) is 1. The van der Waals surface area contributed by atoms with Gasteiger partial charge in [-0.1, -0.05) is 48.0 Å². The van der Waals surface area contributed by atoms with E-state index in [2.05, 4.69) is 42.3 Å². The molecule has 0 amide bonds. The van der Waals surface area contributed by atoms with Crippen LogP contribution in [-0.2, 0) is 5.60 Å². The number of likely N-dealkylation sites (N-methyl/N-ethyl adjacent to an activating group) is 1. The van der Waals surface area contributed by atoms with E-state index in [1.807, 2.05) is 18.2 Å². The normalized spacial score (nSPS) is 26.5. The van der Waals surface area contributed by atoms with E-state index in [1.165, 1.54) is 5.56 Å². The number of halogens is 2. The Morgan fingerprint density at radius 1 is 1.14 bits per heavy atom. The van der Waals surface area contributed by atoms with Crippen LogP contribution in [0.1, 0.15) is 23.5 Å². The molecule has 2 aliphatic rings. The lowest BCUT2D eigenvalue weighted by Gasteiger charge is -2.42. The van der Waals surface area contributed by atoms with Crippen molar-refractivity contribution < 1.29 is 4.74 Å². The second kappa shape index (κ2) is 5.77. The predicted octanol–water partition coefficient (Wildman–Crippen LogP) is 4.47. The Bertz CT molecular complexity index is 690. The molecule has 0 bridgehead atoms. The van der Waals surface area contributed by atoms with Crippen LogP contribution in [0.25, 0.3) is 0 Å². The van der Waals surface area contributed by atoms with Crippen LogP contribution in [0.5, 0.6) is 5.75 Å². The number of hydrogen-bond acceptors (Lipinski definition) is 2. The molecule has 1 saturated heterocycles. The van der Waals surface area contributed by atoms with E-state index in [1.54, 1.807) is 0 Å². The molecule has 4 rings (SSSR count). The summed E-state index contributed by atoms with van der Waals surface area (Å²) in [4.78, 5) is 2.38. The fourth-order valence-electron chi connectivity index (χ4n) is 3.79. The van der Waals surface area contributed by atoms with Crippen LogP contribution in [0.2, 0.25) is 5.02 Å². The van der Waals surface area contributed by atoms with Crippen molar-refractivity contribution in [3.05, 3.63) is 64.7 Å². The van der Waals surface area contributed by atoms with Crippen molar-refractivity contribution in [2.75, 3.05) is 20.1 Å². The molecule has 116 valence electrons. The molecule has 2 atom stereocenters. The molecule has 2 heterocycles. The van der Waals surface area contributed by atoms with Gasteiger partial charge in [0.25, 0.3) is 0 Å². The standard InChI is InChI=1S/C18H18ClNO.ClH/c1-20-11-10-18(14-7-3-4-8-16(14)19)15(12-20)13-6-2-5-9-17(13)21-18;/h2-9,15H,10-12H2,1H3;1H/t15-,18+;/m0./s1. The van der Waals surface area contributed by atoms with Crippen molar-refractivity contribution >= 4 is 24.0 Å². The fourth-order valence-corrected chi connectivity index (χ4v) is 4.09. The van der Waals surface area contributed by atoms with E-state index in [9.17, 15) is 0 Å². The first-order valence-electron chi connectivity index (χ1n) is 7.42. The summed E-state index contributed by atoms with van der Waals surface area (Å²) in [5.74, 6) is 1.35. The molecule has 0 N–H and O–H groups in total. The van der Waals surface area contributed by atoms with Gasteiger partial charge in [-0.05, 0) is 19.2 Å². The van der Waals surface area contributed by atoms with Crippen molar-refractivity contribution in [2.45, 2.75) is 17.9 Å². The van der Waals surface area contributed by atoms with Crippen LogP contribution in [0.3, 0.4) is 0 Å². The average Bonchev–Trinajstić information content (AvgIpc) is 2.83. The van der Waals surface area contributed by atoms with Gasteiger partial charge < -0.3 is 9.64 Å². The SMILES string of the molecule is CN1CC[C@]2(c3ccccc3Cl)Oc3ccccc3[C@@H]2C1.Cl. The summed E-state index contributed by atoms with van der Waals surface area (Å²) in [6, 6.07) is 16.5. The molecule has 0 unspecified atom stereocenters. The van der Waals surface area contributed by atoms with Crippen molar-refractivity contribution in [3.8, 4) is 5.75 Å². The van der Waals surface area contributed by atoms with Gasteiger partial charge in [0.1, 0.15) is 11.4 Å². The van der Waals surface area contributed by atoms with Gasteiger partial charge in [0.2, 0.25) is 0 Å². The Hall–Kier alpha value is -1.22. The summed E-state index contributed by atoms with van der Waals surface area (Å²) in [6.45, 7) is 2.03. The Morgan fingerprint density at radius 3 is 2.68 bits per heavy atom. The molecular formula is C18H19Cl2NO. The highest BCUT2D eigenvalue weighted by atomic mass is 35.5. The summed E-state index contributed by atoms with van der Waals surface area (Å²) in [6.07, 6.45) is 0.965. The lowest BCUT2D eigenvalue weighted by atomic mass is 9.74. The van der Waals surface area contributed by atoms with Crippen molar-refractivity contribution in [1.82, 2.24) is 4.90 Å². The molecule has 0 saturated carbocycles. The topological polar surface area (TPSA) is 12.5 Å². The molecule has 2 nitrogen and oxygen atoms in total. The summed E-state index contributed by atoms with van der Waals surface area (Å²) < 4.78 is 6.50. The largest absolute Gasteiger partial charge is 0.481 e. The van der Waals surface area contributed by atoms with Crippen LogP contribution in [0, 0.1) is 0 Å². The highest BCUT2D eigenvalue weighted by Crippen LogP contribution is 2.55. The lowest BCUT2D eigenvalue weighted by Crippen LogP contribution is -2.47. The zero-order valence-electron chi connectivity index (χ0n) is 12.5. The molecule has 2 aromatic rings. The minimum absolute atomic E-state index is 0. The van der Waals surface area contributed by atoms with Crippen LogP contribution in [-0.4, -0.2) is 25.0 Å².